The standard InChI is InChI=1S/C20H33N3O2S/c1-16(2)14-20(11-5-12-20)15-23-19(21-3)22-13-10-17-6-8-18(9-7-17)26(4,24)25/h6-9,16H,5,10-15H2,1-4H3,(H2,21,22,23). The molecule has 1 fully saturated rings. The van der Waals surface area contributed by atoms with Crippen molar-refractivity contribution < 1.29 is 8.42 Å². The normalized spacial score (nSPS) is 17.0. The zero-order chi connectivity index (χ0) is 19.2. The summed E-state index contributed by atoms with van der Waals surface area (Å²) < 4.78 is 23.0. The van der Waals surface area contributed by atoms with Crippen LogP contribution < -0.4 is 10.6 Å². The molecule has 1 saturated carbocycles. The lowest BCUT2D eigenvalue weighted by Gasteiger charge is -2.43. The van der Waals surface area contributed by atoms with E-state index in [1.165, 1.54) is 31.9 Å². The van der Waals surface area contributed by atoms with Crippen LogP contribution in [-0.2, 0) is 16.3 Å². The van der Waals surface area contributed by atoms with Crippen LogP contribution in [0.5, 0.6) is 0 Å². The molecular weight excluding hydrogens is 346 g/mol. The third kappa shape index (κ3) is 6.01. The Morgan fingerprint density at radius 1 is 1.19 bits per heavy atom. The van der Waals surface area contributed by atoms with Crippen LogP contribution in [0, 0.1) is 11.3 Å². The number of sulfone groups is 1. The van der Waals surface area contributed by atoms with Crippen molar-refractivity contribution in [2.45, 2.75) is 50.8 Å². The Hall–Kier alpha value is -1.56. The van der Waals surface area contributed by atoms with E-state index in [0.717, 1.165) is 37.0 Å². The zero-order valence-electron chi connectivity index (χ0n) is 16.5. The molecule has 1 aliphatic rings. The van der Waals surface area contributed by atoms with E-state index in [4.69, 9.17) is 0 Å². The van der Waals surface area contributed by atoms with Crippen LogP contribution in [0.2, 0.25) is 0 Å². The Morgan fingerprint density at radius 3 is 2.31 bits per heavy atom. The van der Waals surface area contributed by atoms with Crippen LogP contribution in [0.4, 0.5) is 0 Å². The Labute approximate surface area is 158 Å². The van der Waals surface area contributed by atoms with E-state index >= 15 is 0 Å². The molecule has 0 bridgehead atoms. The van der Waals surface area contributed by atoms with E-state index in [1.54, 1.807) is 19.2 Å². The summed E-state index contributed by atoms with van der Waals surface area (Å²) >= 11 is 0. The smallest absolute Gasteiger partial charge is 0.191 e. The highest BCUT2D eigenvalue weighted by atomic mass is 32.2. The Kier molecular flexibility index (Phi) is 7.09. The molecular formula is C20H33N3O2S. The average molecular weight is 380 g/mol. The molecule has 0 saturated heterocycles. The van der Waals surface area contributed by atoms with Crippen molar-refractivity contribution in [2.24, 2.45) is 16.3 Å². The molecule has 0 aromatic heterocycles. The Bertz CT molecular complexity index is 705. The lowest BCUT2D eigenvalue weighted by molar-refractivity contribution is 0.104. The van der Waals surface area contributed by atoms with Crippen LogP contribution >= 0.6 is 0 Å². The minimum atomic E-state index is -3.13. The molecule has 26 heavy (non-hydrogen) atoms. The van der Waals surface area contributed by atoms with Gasteiger partial charge in [-0.05, 0) is 54.7 Å². The van der Waals surface area contributed by atoms with Gasteiger partial charge in [0.1, 0.15) is 0 Å². The fourth-order valence-corrected chi connectivity index (χ4v) is 4.35. The van der Waals surface area contributed by atoms with E-state index in [-0.39, 0.29) is 0 Å². The molecule has 2 rings (SSSR count). The van der Waals surface area contributed by atoms with Crippen LogP contribution in [-0.4, -0.2) is 40.8 Å². The number of nitrogens with one attached hydrogen (secondary N) is 2. The number of nitrogens with zero attached hydrogens (tertiary/aromatic N) is 1. The summed E-state index contributed by atoms with van der Waals surface area (Å²) in [7, 11) is -1.33. The monoisotopic (exact) mass is 379 g/mol. The number of hydrogen-bond donors (Lipinski definition) is 2. The van der Waals surface area contributed by atoms with Gasteiger partial charge in [0, 0.05) is 26.4 Å². The van der Waals surface area contributed by atoms with E-state index in [0.29, 0.717) is 10.3 Å². The number of benzene rings is 1. The molecule has 0 radical (unpaired) electrons. The summed E-state index contributed by atoms with van der Waals surface area (Å²) in [5, 5.41) is 6.85. The van der Waals surface area contributed by atoms with Crippen molar-refractivity contribution >= 4 is 15.8 Å². The van der Waals surface area contributed by atoms with Crippen molar-refractivity contribution in [1.82, 2.24) is 10.6 Å². The predicted octanol–water partition coefficient (Wildman–Crippen LogP) is 3.01. The van der Waals surface area contributed by atoms with Crippen LogP contribution in [0.3, 0.4) is 0 Å². The summed E-state index contributed by atoms with van der Waals surface area (Å²) in [6.07, 6.45) is 7.27. The number of guanidine groups is 1. The summed E-state index contributed by atoms with van der Waals surface area (Å²) in [5.74, 6) is 1.56. The molecule has 146 valence electrons. The summed E-state index contributed by atoms with van der Waals surface area (Å²) in [6.45, 7) is 6.33. The third-order valence-electron chi connectivity index (χ3n) is 5.17. The fourth-order valence-electron chi connectivity index (χ4n) is 3.72. The van der Waals surface area contributed by atoms with Gasteiger partial charge in [0.15, 0.2) is 15.8 Å². The number of aliphatic imine (C=N–C) groups is 1. The van der Waals surface area contributed by atoms with Crippen molar-refractivity contribution in [2.75, 3.05) is 26.4 Å². The highest BCUT2D eigenvalue weighted by molar-refractivity contribution is 7.90. The first-order valence-electron chi connectivity index (χ1n) is 9.48. The first-order valence-corrected chi connectivity index (χ1v) is 11.4. The predicted molar refractivity (Wildman–Crippen MR) is 108 cm³/mol. The van der Waals surface area contributed by atoms with Crippen LogP contribution in [0.15, 0.2) is 34.2 Å². The Morgan fingerprint density at radius 2 is 1.85 bits per heavy atom. The van der Waals surface area contributed by atoms with Gasteiger partial charge >= 0.3 is 0 Å². The van der Waals surface area contributed by atoms with Gasteiger partial charge < -0.3 is 10.6 Å². The van der Waals surface area contributed by atoms with Gasteiger partial charge in [-0.15, -0.1) is 0 Å². The summed E-state index contributed by atoms with van der Waals surface area (Å²) in [6, 6.07) is 7.09. The molecule has 0 spiro atoms. The van der Waals surface area contributed by atoms with E-state index < -0.39 is 9.84 Å². The van der Waals surface area contributed by atoms with Gasteiger partial charge in [0.25, 0.3) is 0 Å². The van der Waals surface area contributed by atoms with Gasteiger partial charge in [-0.25, -0.2) is 8.42 Å². The third-order valence-corrected chi connectivity index (χ3v) is 6.30. The second kappa shape index (κ2) is 8.89. The van der Waals surface area contributed by atoms with Gasteiger partial charge in [-0.2, -0.15) is 0 Å². The van der Waals surface area contributed by atoms with Crippen molar-refractivity contribution in [3.8, 4) is 0 Å². The van der Waals surface area contributed by atoms with Gasteiger partial charge in [0.05, 0.1) is 4.90 Å². The van der Waals surface area contributed by atoms with Gasteiger partial charge in [-0.3, -0.25) is 4.99 Å². The first kappa shape index (κ1) is 20.7. The molecule has 1 aliphatic carbocycles. The molecule has 2 N–H and O–H groups in total. The highest BCUT2D eigenvalue weighted by Crippen LogP contribution is 2.45. The Balaban J connectivity index is 1.78. The maximum atomic E-state index is 11.5. The van der Waals surface area contributed by atoms with E-state index in [9.17, 15) is 8.42 Å². The topological polar surface area (TPSA) is 70.6 Å². The zero-order valence-corrected chi connectivity index (χ0v) is 17.3. The van der Waals surface area contributed by atoms with Gasteiger partial charge in [0.2, 0.25) is 0 Å². The number of rotatable bonds is 8. The van der Waals surface area contributed by atoms with Crippen molar-refractivity contribution in [1.29, 1.82) is 0 Å². The van der Waals surface area contributed by atoms with E-state index in [1.807, 2.05) is 12.1 Å². The highest BCUT2D eigenvalue weighted by Gasteiger charge is 2.37. The molecule has 0 aliphatic heterocycles. The molecule has 1 aromatic carbocycles. The number of hydrogen-bond acceptors (Lipinski definition) is 3. The molecule has 0 unspecified atom stereocenters. The van der Waals surface area contributed by atoms with Crippen LogP contribution in [0.25, 0.3) is 0 Å². The molecule has 5 nitrogen and oxygen atoms in total. The quantitative estimate of drug-likeness (QED) is 0.538. The fraction of sp³-hybridized carbons (Fsp3) is 0.650. The van der Waals surface area contributed by atoms with Crippen molar-refractivity contribution in [3.05, 3.63) is 29.8 Å². The maximum Gasteiger partial charge on any atom is 0.191 e. The molecule has 1 aromatic rings. The summed E-state index contributed by atoms with van der Waals surface area (Å²) in [4.78, 5) is 4.68. The van der Waals surface area contributed by atoms with Crippen LogP contribution in [0.1, 0.15) is 45.1 Å². The largest absolute Gasteiger partial charge is 0.356 e. The summed E-state index contributed by atoms with van der Waals surface area (Å²) in [5.41, 5.74) is 1.54. The first-order chi connectivity index (χ1) is 12.2. The van der Waals surface area contributed by atoms with E-state index in [2.05, 4.69) is 29.5 Å². The lowest BCUT2D eigenvalue weighted by Crippen LogP contribution is -2.47. The minimum Gasteiger partial charge on any atom is -0.356 e. The SMILES string of the molecule is CN=C(NCCc1ccc(S(C)(=O)=O)cc1)NCC1(CC(C)C)CCC1. The van der Waals surface area contributed by atoms with Gasteiger partial charge in [-0.1, -0.05) is 32.4 Å². The average Bonchev–Trinajstić information content (AvgIpc) is 2.54. The molecule has 0 amide bonds. The maximum absolute atomic E-state index is 11.5. The van der Waals surface area contributed by atoms with Crippen molar-refractivity contribution in [3.63, 3.8) is 0 Å². The lowest BCUT2D eigenvalue weighted by atomic mass is 9.64. The molecule has 6 heteroatoms. The second-order valence-corrected chi connectivity index (χ2v) is 9.99. The molecule has 0 atom stereocenters. The minimum absolute atomic E-state index is 0.364. The molecule has 0 heterocycles. The second-order valence-electron chi connectivity index (χ2n) is 7.97.